The van der Waals surface area contributed by atoms with Crippen LogP contribution in [0.3, 0.4) is 0 Å². The molecule has 0 aliphatic rings. The van der Waals surface area contributed by atoms with E-state index >= 15 is 0 Å². The molecule has 0 saturated heterocycles. The number of carbonyl (C=O) groups excluding carboxylic acids is 1. The number of hydrogen-bond donors (Lipinski definition) is 1. The molecule has 7 nitrogen and oxygen atoms in total. The monoisotopic (exact) mass is 407 g/mol. The molecule has 0 unspecified atom stereocenters. The highest BCUT2D eigenvalue weighted by Gasteiger charge is 2.18. The SMILES string of the molecule is Cc1c(C(=O)N(C)C)sc(=Nc2ccc(-n3cccn3)cc2)n1CCO.Cl. The summed E-state index contributed by atoms with van der Waals surface area (Å²) < 4.78 is 3.65. The summed E-state index contributed by atoms with van der Waals surface area (Å²) in [5.41, 5.74) is 2.54. The molecule has 0 fully saturated rings. The number of halogens is 1. The standard InChI is InChI=1S/C18H21N5O2S.ClH/c1-13-16(17(25)21(2)3)26-18(22(13)11-12-24)20-14-5-7-15(8-6-14)23-10-4-9-19-23;/h4-10,24H,11-12H2,1-3H3;1H. The molecular formula is C18H22ClN5O2S. The Hall–Kier alpha value is -2.42. The second-order valence-electron chi connectivity index (χ2n) is 5.95. The Labute approximate surface area is 167 Å². The molecule has 3 rings (SSSR count). The van der Waals surface area contributed by atoms with Crippen LogP contribution >= 0.6 is 23.7 Å². The summed E-state index contributed by atoms with van der Waals surface area (Å²) in [6.07, 6.45) is 3.61. The zero-order chi connectivity index (χ0) is 18.7. The highest BCUT2D eigenvalue weighted by molar-refractivity contribution is 7.11. The van der Waals surface area contributed by atoms with Gasteiger partial charge in [0, 0.05) is 38.7 Å². The molecule has 2 aromatic heterocycles. The van der Waals surface area contributed by atoms with Crippen molar-refractivity contribution in [2.45, 2.75) is 13.5 Å². The largest absolute Gasteiger partial charge is 0.395 e. The molecule has 0 saturated carbocycles. The average molecular weight is 408 g/mol. The van der Waals surface area contributed by atoms with Crippen LogP contribution in [0.5, 0.6) is 0 Å². The van der Waals surface area contributed by atoms with E-state index in [4.69, 9.17) is 0 Å². The van der Waals surface area contributed by atoms with Crippen LogP contribution in [-0.4, -0.2) is 51.0 Å². The van der Waals surface area contributed by atoms with Crippen molar-refractivity contribution >= 4 is 35.3 Å². The van der Waals surface area contributed by atoms with Gasteiger partial charge in [-0.25, -0.2) is 9.67 Å². The highest BCUT2D eigenvalue weighted by atomic mass is 35.5. The number of rotatable bonds is 5. The minimum Gasteiger partial charge on any atom is -0.395 e. The van der Waals surface area contributed by atoms with Crippen molar-refractivity contribution in [2.75, 3.05) is 20.7 Å². The summed E-state index contributed by atoms with van der Waals surface area (Å²) in [6.45, 7) is 2.26. The first-order chi connectivity index (χ1) is 12.5. The number of amides is 1. The molecule has 1 aromatic carbocycles. The van der Waals surface area contributed by atoms with Gasteiger partial charge in [0.15, 0.2) is 4.80 Å². The molecule has 0 radical (unpaired) electrons. The lowest BCUT2D eigenvalue weighted by Gasteiger charge is -2.09. The number of aliphatic hydroxyl groups is 1. The summed E-state index contributed by atoms with van der Waals surface area (Å²) in [5, 5.41) is 13.6. The minimum atomic E-state index is -0.0605. The van der Waals surface area contributed by atoms with Crippen LogP contribution in [-0.2, 0) is 6.54 Å². The van der Waals surface area contributed by atoms with Crippen LogP contribution in [0.2, 0.25) is 0 Å². The first-order valence-corrected chi connectivity index (χ1v) is 9.00. The third-order valence-electron chi connectivity index (χ3n) is 3.93. The molecule has 0 atom stereocenters. The van der Waals surface area contributed by atoms with E-state index < -0.39 is 0 Å². The van der Waals surface area contributed by atoms with Gasteiger partial charge in [-0.15, -0.1) is 12.4 Å². The predicted octanol–water partition coefficient (Wildman–Crippen LogP) is 2.39. The van der Waals surface area contributed by atoms with Crippen molar-refractivity contribution in [3.8, 4) is 5.69 Å². The fourth-order valence-electron chi connectivity index (χ4n) is 2.55. The maximum Gasteiger partial charge on any atom is 0.265 e. The van der Waals surface area contributed by atoms with Crippen LogP contribution in [0, 0.1) is 6.92 Å². The molecule has 27 heavy (non-hydrogen) atoms. The van der Waals surface area contributed by atoms with Gasteiger partial charge in [-0.3, -0.25) is 4.79 Å². The fraction of sp³-hybridized carbons (Fsp3) is 0.278. The van der Waals surface area contributed by atoms with Crippen molar-refractivity contribution in [3.63, 3.8) is 0 Å². The Kier molecular flexibility index (Phi) is 6.95. The number of aromatic nitrogens is 3. The van der Waals surface area contributed by atoms with E-state index in [-0.39, 0.29) is 24.9 Å². The lowest BCUT2D eigenvalue weighted by atomic mass is 10.3. The van der Waals surface area contributed by atoms with E-state index in [0.717, 1.165) is 17.1 Å². The van der Waals surface area contributed by atoms with Gasteiger partial charge in [-0.1, -0.05) is 11.3 Å². The first-order valence-electron chi connectivity index (χ1n) is 8.19. The second-order valence-corrected chi connectivity index (χ2v) is 6.93. The Morgan fingerprint density at radius 1 is 1.30 bits per heavy atom. The summed E-state index contributed by atoms with van der Waals surface area (Å²) >= 11 is 1.34. The van der Waals surface area contributed by atoms with Crippen LogP contribution in [0.25, 0.3) is 5.69 Å². The highest BCUT2D eigenvalue weighted by Crippen LogP contribution is 2.18. The maximum absolute atomic E-state index is 12.4. The lowest BCUT2D eigenvalue weighted by molar-refractivity contribution is 0.0830. The zero-order valence-electron chi connectivity index (χ0n) is 15.4. The Bertz CT molecular complexity index is 959. The molecule has 144 valence electrons. The van der Waals surface area contributed by atoms with Gasteiger partial charge in [-0.2, -0.15) is 5.10 Å². The maximum atomic E-state index is 12.4. The van der Waals surface area contributed by atoms with E-state index in [1.807, 2.05) is 48.0 Å². The Balaban J connectivity index is 0.00000261. The third kappa shape index (κ3) is 4.47. The first kappa shape index (κ1) is 20.9. The van der Waals surface area contributed by atoms with Crippen LogP contribution in [0.15, 0.2) is 47.7 Å². The van der Waals surface area contributed by atoms with Crippen LogP contribution in [0.1, 0.15) is 15.4 Å². The lowest BCUT2D eigenvalue weighted by Crippen LogP contribution is -2.22. The molecule has 2 heterocycles. The van der Waals surface area contributed by atoms with E-state index in [2.05, 4.69) is 10.1 Å². The van der Waals surface area contributed by atoms with Crippen LogP contribution < -0.4 is 4.80 Å². The predicted molar refractivity (Wildman–Crippen MR) is 108 cm³/mol. The Morgan fingerprint density at radius 3 is 2.56 bits per heavy atom. The molecule has 0 bridgehead atoms. The van der Waals surface area contributed by atoms with Crippen LogP contribution in [0.4, 0.5) is 5.69 Å². The molecule has 0 aliphatic carbocycles. The number of hydrogen-bond acceptors (Lipinski definition) is 5. The number of carbonyl (C=O) groups is 1. The summed E-state index contributed by atoms with van der Waals surface area (Å²) in [7, 11) is 3.45. The van der Waals surface area contributed by atoms with E-state index in [1.54, 1.807) is 29.9 Å². The zero-order valence-corrected chi connectivity index (χ0v) is 17.0. The van der Waals surface area contributed by atoms with Crippen molar-refractivity contribution in [2.24, 2.45) is 4.99 Å². The minimum absolute atomic E-state index is 0. The molecule has 1 N–H and O–H groups in total. The van der Waals surface area contributed by atoms with Crippen molar-refractivity contribution in [1.29, 1.82) is 0 Å². The summed E-state index contributed by atoms with van der Waals surface area (Å²) in [6, 6.07) is 9.56. The topological polar surface area (TPSA) is 75.7 Å². The number of thiazole rings is 1. The van der Waals surface area contributed by atoms with Gasteiger partial charge >= 0.3 is 0 Å². The molecule has 3 aromatic rings. The molecule has 0 spiro atoms. The molecule has 1 amide bonds. The molecular weight excluding hydrogens is 386 g/mol. The van der Waals surface area contributed by atoms with Gasteiger partial charge in [0.2, 0.25) is 0 Å². The van der Waals surface area contributed by atoms with Gasteiger partial charge in [0.05, 0.1) is 18.0 Å². The van der Waals surface area contributed by atoms with Crippen molar-refractivity contribution < 1.29 is 9.90 Å². The van der Waals surface area contributed by atoms with E-state index in [1.165, 1.54) is 11.3 Å². The van der Waals surface area contributed by atoms with Gasteiger partial charge in [-0.05, 0) is 37.3 Å². The second kappa shape index (κ2) is 8.98. The normalized spacial score (nSPS) is 11.3. The van der Waals surface area contributed by atoms with Gasteiger partial charge in [0.25, 0.3) is 5.91 Å². The number of aliphatic hydroxyl groups excluding tert-OH is 1. The molecule has 9 heteroatoms. The number of nitrogens with zero attached hydrogens (tertiary/aromatic N) is 5. The van der Waals surface area contributed by atoms with Crippen molar-refractivity contribution in [1.82, 2.24) is 19.2 Å². The number of benzene rings is 1. The van der Waals surface area contributed by atoms with Crippen molar-refractivity contribution in [3.05, 3.63) is 58.1 Å². The summed E-state index contributed by atoms with van der Waals surface area (Å²) in [5.74, 6) is -0.0605. The third-order valence-corrected chi connectivity index (χ3v) is 5.09. The van der Waals surface area contributed by atoms with E-state index in [0.29, 0.717) is 16.2 Å². The van der Waals surface area contributed by atoms with Gasteiger partial charge in [0.1, 0.15) is 4.88 Å². The van der Waals surface area contributed by atoms with E-state index in [9.17, 15) is 9.90 Å². The van der Waals surface area contributed by atoms with Gasteiger partial charge < -0.3 is 14.6 Å². The molecule has 0 aliphatic heterocycles. The smallest absolute Gasteiger partial charge is 0.265 e. The summed E-state index contributed by atoms with van der Waals surface area (Å²) in [4.78, 5) is 19.9. The quantitative estimate of drug-likeness (QED) is 0.705. The Morgan fingerprint density at radius 2 is 2.00 bits per heavy atom. The fourth-order valence-corrected chi connectivity index (χ4v) is 3.75. The average Bonchev–Trinajstić information content (AvgIpc) is 3.26.